The van der Waals surface area contributed by atoms with Crippen molar-refractivity contribution in [3.8, 4) is 0 Å². The van der Waals surface area contributed by atoms with E-state index in [2.05, 4.69) is 0 Å². The van der Waals surface area contributed by atoms with Gasteiger partial charge in [-0.15, -0.1) is 0 Å². The van der Waals surface area contributed by atoms with Crippen LogP contribution in [0.25, 0.3) is 0 Å². The Hall–Kier alpha value is 0.330. The van der Waals surface area contributed by atoms with Crippen molar-refractivity contribution in [2.75, 3.05) is 0 Å². The number of rotatable bonds is 2. The Labute approximate surface area is 94.3 Å². The van der Waals surface area contributed by atoms with Gasteiger partial charge >= 0.3 is 3.98 Å². The zero-order chi connectivity index (χ0) is 9.90. The van der Waals surface area contributed by atoms with Gasteiger partial charge in [0.15, 0.2) is 0 Å². The second-order valence-corrected chi connectivity index (χ2v) is 5.05. The van der Waals surface area contributed by atoms with Crippen molar-refractivity contribution in [2.45, 2.75) is 8.87 Å². The molecule has 0 atom stereocenters. The van der Waals surface area contributed by atoms with E-state index >= 15 is 0 Å². The van der Waals surface area contributed by atoms with E-state index in [9.17, 15) is 4.39 Å². The molecule has 1 aromatic carbocycles. The molecule has 0 saturated carbocycles. The molecule has 0 saturated heterocycles. The van der Waals surface area contributed by atoms with Crippen molar-refractivity contribution in [3.05, 3.63) is 30.1 Å². The van der Waals surface area contributed by atoms with E-state index in [1.165, 1.54) is 24.3 Å². The first-order valence-corrected chi connectivity index (χ1v) is 5.03. The van der Waals surface area contributed by atoms with Crippen LogP contribution in [0.2, 0.25) is 0 Å². The monoisotopic (exact) mass is 260 g/mol. The third kappa shape index (κ3) is 4.93. The molecule has 6 heteroatoms. The summed E-state index contributed by atoms with van der Waals surface area (Å²) in [6.45, 7) is 0. The molecule has 13 heavy (non-hydrogen) atoms. The maximum atomic E-state index is 12.4. The van der Waals surface area contributed by atoms with E-state index in [0.717, 1.165) is 12.0 Å². The summed E-state index contributed by atoms with van der Waals surface area (Å²) >= 11 is 16.9. The van der Waals surface area contributed by atoms with Gasteiger partial charge in [0, 0.05) is 16.9 Å². The Morgan fingerprint density at radius 3 is 2.15 bits per heavy atom. The molecule has 1 nitrogen and oxygen atoms in total. The number of hydrogen-bond donors (Lipinski definition) is 0. The fraction of sp³-hybridized carbons (Fsp3) is 0.143. The molecular formula is C7H4Cl3FOS. The van der Waals surface area contributed by atoms with Crippen LogP contribution in [0.4, 0.5) is 4.39 Å². The molecule has 1 rings (SSSR count). The first-order valence-electron chi connectivity index (χ1n) is 3.15. The van der Waals surface area contributed by atoms with Crippen molar-refractivity contribution in [3.63, 3.8) is 0 Å². The molecule has 0 aliphatic heterocycles. The maximum Gasteiger partial charge on any atom is 0.308 e. The lowest BCUT2D eigenvalue weighted by Crippen LogP contribution is -2.01. The van der Waals surface area contributed by atoms with Crippen LogP contribution in [0.1, 0.15) is 0 Å². The summed E-state index contributed by atoms with van der Waals surface area (Å²) in [5, 5.41) is 0. The van der Waals surface area contributed by atoms with Gasteiger partial charge in [0.2, 0.25) is 0 Å². The van der Waals surface area contributed by atoms with Crippen LogP contribution in [0, 0.1) is 5.82 Å². The summed E-state index contributed by atoms with van der Waals surface area (Å²) in [6.07, 6.45) is 0. The second kappa shape index (κ2) is 4.71. The largest absolute Gasteiger partial charge is 0.308 e. The molecule has 0 fully saturated rings. The summed E-state index contributed by atoms with van der Waals surface area (Å²) < 4.78 is 15.4. The first-order chi connectivity index (χ1) is 5.97. The van der Waals surface area contributed by atoms with Crippen molar-refractivity contribution in [1.82, 2.24) is 0 Å². The van der Waals surface area contributed by atoms with Crippen molar-refractivity contribution >= 4 is 46.8 Å². The predicted octanol–water partition coefficient (Wildman–Crippen LogP) is 4.18. The maximum absolute atomic E-state index is 12.4. The fourth-order valence-electron chi connectivity index (χ4n) is 0.586. The van der Waals surface area contributed by atoms with Gasteiger partial charge < -0.3 is 0 Å². The van der Waals surface area contributed by atoms with Crippen LogP contribution in [-0.4, -0.2) is 3.98 Å². The zero-order valence-electron chi connectivity index (χ0n) is 6.14. The van der Waals surface area contributed by atoms with Gasteiger partial charge in [-0.05, 0) is 24.3 Å². The summed E-state index contributed by atoms with van der Waals surface area (Å²) in [4.78, 5) is 0.660. The standard InChI is InChI=1S/C7H4Cl3FOS/c8-7(9,10)12-13-6-3-1-5(11)2-4-6/h1-4H. The Morgan fingerprint density at radius 2 is 1.69 bits per heavy atom. The molecule has 0 amide bonds. The van der Waals surface area contributed by atoms with Gasteiger partial charge in [-0.1, -0.05) is 34.8 Å². The minimum Gasteiger partial charge on any atom is -0.258 e. The molecule has 0 radical (unpaired) electrons. The average molecular weight is 262 g/mol. The lowest BCUT2D eigenvalue weighted by molar-refractivity contribution is 0.381. The van der Waals surface area contributed by atoms with Gasteiger partial charge in [-0.25, -0.2) is 4.39 Å². The Bertz CT molecular complexity index is 272. The lowest BCUT2D eigenvalue weighted by Gasteiger charge is -2.09. The van der Waals surface area contributed by atoms with Gasteiger partial charge in [-0.3, -0.25) is 4.18 Å². The van der Waals surface area contributed by atoms with E-state index in [1.807, 2.05) is 0 Å². The van der Waals surface area contributed by atoms with E-state index in [-0.39, 0.29) is 5.82 Å². The van der Waals surface area contributed by atoms with Gasteiger partial charge in [0.25, 0.3) is 0 Å². The zero-order valence-corrected chi connectivity index (χ0v) is 9.22. The highest BCUT2D eigenvalue weighted by Gasteiger charge is 2.21. The van der Waals surface area contributed by atoms with E-state index in [1.54, 1.807) is 0 Å². The minimum absolute atomic E-state index is 0.321. The average Bonchev–Trinajstić information content (AvgIpc) is 2.02. The normalized spacial score (nSPS) is 11.7. The summed E-state index contributed by atoms with van der Waals surface area (Å²) in [6, 6.07) is 5.64. The van der Waals surface area contributed by atoms with Gasteiger partial charge in [0.05, 0.1) is 0 Å². The number of hydrogen-bond acceptors (Lipinski definition) is 2. The molecule has 0 aliphatic carbocycles. The highest BCUT2D eigenvalue weighted by Crippen LogP contribution is 2.35. The predicted molar refractivity (Wildman–Crippen MR) is 53.6 cm³/mol. The Kier molecular flexibility index (Phi) is 4.13. The molecule has 0 bridgehead atoms. The minimum atomic E-state index is -1.76. The Balaban J connectivity index is 2.51. The molecule has 72 valence electrons. The van der Waals surface area contributed by atoms with Crippen LogP contribution < -0.4 is 0 Å². The number of alkyl halides is 3. The molecule has 0 spiro atoms. The van der Waals surface area contributed by atoms with E-state index < -0.39 is 3.98 Å². The summed E-state index contributed by atoms with van der Waals surface area (Å²) in [5.41, 5.74) is 0. The quantitative estimate of drug-likeness (QED) is 0.583. The SMILES string of the molecule is Fc1ccc(SOC(Cl)(Cl)Cl)cc1. The molecule has 0 heterocycles. The highest BCUT2D eigenvalue weighted by atomic mass is 35.6. The molecule has 1 aromatic rings. The third-order valence-corrected chi connectivity index (χ3v) is 2.35. The highest BCUT2D eigenvalue weighted by molar-refractivity contribution is 7.94. The number of halogens is 4. The van der Waals surface area contributed by atoms with Gasteiger partial charge in [-0.2, -0.15) is 0 Å². The van der Waals surface area contributed by atoms with E-state index in [0.29, 0.717) is 4.90 Å². The molecule has 0 aromatic heterocycles. The van der Waals surface area contributed by atoms with Crippen LogP contribution in [0.3, 0.4) is 0 Å². The van der Waals surface area contributed by atoms with Crippen LogP contribution in [-0.2, 0) is 4.18 Å². The molecule has 0 N–H and O–H groups in total. The van der Waals surface area contributed by atoms with Crippen molar-refractivity contribution < 1.29 is 8.57 Å². The number of benzene rings is 1. The Morgan fingerprint density at radius 1 is 1.15 bits per heavy atom. The summed E-state index contributed by atoms with van der Waals surface area (Å²) in [7, 11) is 0. The van der Waals surface area contributed by atoms with Crippen LogP contribution >= 0.6 is 46.8 Å². The smallest absolute Gasteiger partial charge is 0.258 e. The van der Waals surface area contributed by atoms with Crippen LogP contribution in [0.5, 0.6) is 0 Å². The van der Waals surface area contributed by atoms with Gasteiger partial charge in [0.1, 0.15) is 5.82 Å². The molecule has 0 unspecified atom stereocenters. The third-order valence-electron chi connectivity index (χ3n) is 1.05. The van der Waals surface area contributed by atoms with Crippen molar-refractivity contribution in [1.29, 1.82) is 0 Å². The fourth-order valence-corrected chi connectivity index (χ4v) is 1.31. The van der Waals surface area contributed by atoms with Crippen molar-refractivity contribution in [2.24, 2.45) is 0 Å². The topological polar surface area (TPSA) is 9.23 Å². The lowest BCUT2D eigenvalue weighted by atomic mass is 10.4. The molecule has 0 aliphatic rings. The molecular weight excluding hydrogens is 258 g/mol. The van der Waals surface area contributed by atoms with Crippen LogP contribution in [0.15, 0.2) is 29.2 Å². The summed E-state index contributed by atoms with van der Waals surface area (Å²) in [5.74, 6) is -0.321. The van der Waals surface area contributed by atoms with E-state index in [4.69, 9.17) is 39.0 Å². The first kappa shape index (κ1) is 11.4. The second-order valence-electron chi connectivity index (χ2n) is 2.07.